The first-order chi connectivity index (χ1) is 11.9. The largest absolute Gasteiger partial charge is 0.463 e. The van der Waals surface area contributed by atoms with Crippen molar-refractivity contribution in [3.05, 3.63) is 53.8 Å². The fourth-order valence-corrected chi connectivity index (χ4v) is 4.83. The van der Waals surface area contributed by atoms with Gasteiger partial charge < -0.3 is 4.42 Å². The molecular formula is C18H15ClFNO3S. The van der Waals surface area contributed by atoms with Gasteiger partial charge >= 0.3 is 0 Å². The van der Waals surface area contributed by atoms with Gasteiger partial charge in [-0.2, -0.15) is 4.31 Å². The standard InChI is InChI=1S/C18H15ClFNO3S/c19-17-10-14(9-13-6-8-24-18(13)17)12-1-3-16(4-2-12)25(22,23)21-7-5-15(20)11-21/h1-4,6,8-10,15H,5,7,11H2. The van der Waals surface area contributed by atoms with E-state index in [1.807, 2.05) is 12.1 Å². The minimum absolute atomic E-state index is 0.0726. The Morgan fingerprint density at radius 3 is 2.56 bits per heavy atom. The van der Waals surface area contributed by atoms with Gasteiger partial charge in [-0.3, -0.25) is 0 Å². The van der Waals surface area contributed by atoms with Crippen LogP contribution in [0.2, 0.25) is 5.02 Å². The molecule has 25 heavy (non-hydrogen) atoms. The van der Waals surface area contributed by atoms with E-state index in [-0.39, 0.29) is 24.4 Å². The number of fused-ring (bicyclic) bond motifs is 1. The lowest BCUT2D eigenvalue weighted by molar-refractivity contribution is 0.343. The van der Waals surface area contributed by atoms with E-state index < -0.39 is 16.2 Å². The Morgan fingerprint density at radius 2 is 1.88 bits per heavy atom. The summed E-state index contributed by atoms with van der Waals surface area (Å²) in [6, 6.07) is 12.1. The van der Waals surface area contributed by atoms with Crippen LogP contribution < -0.4 is 0 Å². The van der Waals surface area contributed by atoms with E-state index in [9.17, 15) is 12.8 Å². The second-order valence-corrected chi connectivity index (χ2v) is 8.42. The highest BCUT2D eigenvalue weighted by Crippen LogP contribution is 2.32. The summed E-state index contributed by atoms with van der Waals surface area (Å²) in [7, 11) is -3.65. The van der Waals surface area contributed by atoms with Gasteiger partial charge in [-0.1, -0.05) is 23.7 Å². The molecule has 0 amide bonds. The molecule has 1 aliphatic heterocycles. The zero-order valence-corrected chi connectivity index (χ0v) is 14.7. The normalized spacial score (nSPS) is 18.9. The summed E-state index contributed by atoms with van der Waals surface area (Å²) >= 11 is 6.23. The molecule has 4 rings (SSSR count). The first-order valence-electron chi connectivity index (χ1n) is 7.86. The van der Waals surface area contributed by atoms with E-state index in [0.717, 1.165) is 16.5 Å². The Morgan fingerprint density at radius 1 is 1.12 bits per heavy atom. The molecule has 1 aromatic heterocycles. The summed E-state index contributed by atoms with van der Waals surface area (Å²) in [5.74, 6) is 0. The molecule has 4 nitrogen and oxygen atoms in total. The van der Waals surface area contributed by atoms with Gasteiger partial charge in [0.1, 0.15) is 6.17 Å². The first-order valence-corrected chi connectivity index (χ1v) is 9.68. The average Bonchev–Trinajstić information content (AvgIpc) is 3.24. The number of hydrogen-bond acceptors (Lipinski definition) is 3. The lowest BCUT2D eigenvalue weighted by atomic mass is 10.0. The summed E-state index contributed by atoms with van der Waals surface area (Å²) < 4.78 is 44.9. The van der Waals surface area contributed by atoms with Crippen LogP contribution in [0.25, 0.3) is 22.1 Å². The van der Waals surface area contributed by atoms with Gasteiger partial charge in [0, 0.05) is 18.5 Å². The topological polar surface area (TPSA) is 50.5 Å². The molecule has 0 radical (unpaired) electrons. The van der Waals surface area contributed by atoms with Crippen molar-refractivity contribution in [1.29, 1.82) is 0 Å². The van der Waals surface area contributed by atoms with Crippen molar-refractivity contribution < 1.29 is 17.2 Å². The molecule has 2 aromatic carbocycles. The quantitative estimate of drug-likeness (QED) is 0.673. The molecule has 3 aromatic rings. The first kappa shape index (κ1) is 16.6. The Balaban J connectivity index is 1.67. The van der Waals surface area contributed by atoms with E-state index in [2.05, 4.69) is 0 Å². The maximum atomic E-state index is 13.3. The van der Waals surface area contributed by atoms with Gasteiger partial charge in [0.2, 0.25) is 10.0 Å². The van der Waals surface area contributed by atoms with E-state index >= 15 is 0 Å². The zero-order chi connectivity index (χ0) is 17.6. The number of furan rings is 1. The van der Waals surface area contributed by atoms with E-state index in [1.54, 1.807) is 36.6 Å². The summed E-state index contributed by atoms with van der Waals surface area (Å²) in [6.45, 7) is 0.148. The average molecular weight is 380 g/mol. The van der Waals surface area contributed by atoms with Crippen molar-refractivity contribution in [1.82, 2.24) is 4.31 Å². The van der Waals surface area contributed by atoms with Crippen molar-refractivity contribution in [3.8, 4) is 11.1 Å². The predicted octanol–water partition coefficient (Wildman–Crippen LogP) is 4.49. The molecule has 0 aliphatic carbocycles. The lowest BCUT2D eigenvalue weighted by Crippen LogP contribution is -2.29. The van der Waals surface area contributed by atoms with Crippen LogP contribution in [0.3, 0.4) is 0 Å². The second kappa shape index (κ2) is 6.12. The van der Waals surface area contributed by atoms with Crippen LogP contribution >= 0.6 is 11.6 Å². The van der Waals surface area contributed by atoms with E-state index in [0.29, 0.717) is 10.6 Å². The predicted molar refractivity (Wildman–Crippen MR) is 94.9 cm³/mol. The second-order valence-electron chi connectivity index (χ2n) is 6.07. The minimum Gasteiger partial charge on any atom is -0.463 e. The maximum Gasteiger partial charge on any atom is 0.243 e. The Hall–Kier alpha value is -1.89. The van der Waals surface area contributed by atoms with Gasteiger partial charge in [0.05, 0.1) is 16.2 Å². The molecule has 0 N–H and O–H groups in total. The summed E-state index contributed by atoms with van der Waals surface area (Å²) in [5, 5.41) is 1.38. The molecule has 130 valence electrons. The number of alkyl halides is 1. The number of hydrogen-bond donors (Lipinski definition) is 0. The molecule has 1 atom stereocenters. The van der Waals surface area contributed by atoms with E-state index in [4.69, 9.17) is 16.0 Å². The SMILES string of the molecule is O=S(=O)(c1ccc(-c2cc(Cl)c3occc3c2)cc1)N1CCC(F)C1. The molecule has 0 bridgehead atoms. The fraction of sp³-hybridized carbons (Fsp3) is 0.222. The molecule has 7 heteroatoms. The summed E-state index contributed by atoms with van der Waals surface area (Å²) in [4.78, 5) is 0.167. The van der Waals surface area contributed by atoms with Crippen molar-refractivity contribution >= 4 is 32.6 Å². The van der Waals surface area contributed by atoms with Gasteiger partial charge in [-0.15, -0.1) is 0 Å². The van der Waals surface area contributed by atoms with Gasteiger partial charge in [-0.05, 0) is 47.9 Å². The monoisotopic (exact) mass is 379 g/mol. The molecule has 0 saturated carbocycles. The Bertz CT molecular complexity index is 1030. The third-order valence-corrected chi connectivity index (χ3v) is 6.58. The molecule has 1 aliphatic rings. The van der Waals surface area contributed by atoms with Crippen LogP contribution in [0.1, 0.15) is 6.42 Å². The molecule has 1 unspecified atom stereocenters. The van der Waals surface area contributed by atoms with Crippen molar-refractivity contribution in [2.24, 2.45) is 0 Å². The summed E-state index contributed by atoms with van der Waals surface area (Å²) in [5.41, 5.74) is 2.33. The van der Waals surface area contributed by atoms with Crippen LogP contribution in [0, 0.1) is 0 Å². The van der Waals surface area contributed by atoms with Crippen molar-refractivity contribution in [3.63, 3.8) is 0 Å². The molecular weight excluding hydrogens is 365 g/mol. The number of benzene rings is 2. The molecule has 1 saturated heterocycles. The fourth-order valence-electron chi connectivity index (χ4n) is 3.08. The summed E-state index contributed by atoms with van der Waals surface area (Å²) in [6.07, 6.45) is 0.739. The van der Waals surface area contributed by atoms with Crippen molar-refractivity contribution in [2.75, 3.05) is 13.1 Å². The van der Waals surface area contributed by atoms with Crippen molar-refractivity contribution in [2.45, 2.75) is 17.5 Å². The van der Waals surface area contributed by atoms with Crippen LogP contribution in [0.15, 0.2) is 58.0 Å². The van der Waals surface area contributed by atoms with Gasteiger partial charge in [-0.25, -0.2) is 12.8 Å². The highest BCUT2D eigenvalue weighted by atomic mass is 35.5. The zero-order valence-electron chi connectivity index (χ0n) is 13.2. The number of rotatable bonds is 3. The lowest BCUT2D eigenvalue weighted by Gasteiger charge is -2.15. The van der Waals surface area contributed by atoms with E-state index in [1.165, 1.54) is 4.31 Å². The molecule has 2 heterocycles. The Kier molecular flexibility index (Phi) is 4.06. The smallest absolute Gasteiger partial charge is 0.243 e. The third-order valence-electron chi connectivity index (χ3n) is 4.42. The molecule has 1 fully saturated rings. The number of halogens is 2. The Labute approximate surface area is 149 Å². The third kappa shape index (κ3) is 2.94. The number of sulfonamides is 1. The number of nitrogens with zero attached hydrogens (tertiary/aromatic N) is 1. The van der Waals surface area contributed by atoms with Gasteiger partial charge in [0.15, 0.2) is 5.58 Å². The molecule has 0 spiro atoms. The van der Waals surface area contributed by atoms with Crippen LogP contribution in [0.5, 0.6) is 0 Å². The van der Waals surface area contributed by atoms with Crippen LogP contribution in [-0.4, -0.2) is 32.0 Å². The highest BCUT2D eigenvalue weighted by Gasteiger charge is 2.32. The van der Waals surface area contributed by atoms with Gasteiger partial charge in [0.25, 0.3) is 0 Å². The van der Waals surface area contributed by atoms with Crippen LogP contribution in [-0.2, 0) is 10.0 Å². The minimum atomic E-state index is -3.65. The maximum absolute atomic E-state index is 13.3. The van der Waals surface area contributed by atoms with Crippen LogP contribution in [0.4, 0.5) is 4.39 Å². The highest BCUT2D eigenvalue weighted by molar-refractivity contribution is 7.89.